The van der Waals surface area contributed by atoms with Crippen LogP contribution in [-0.4, -0.2) is 24.9 Å². The van der Waals surface area contributed by atoms with Crippen LogP contribution < -0.4 is 10.1 Å². The van der Waals surface area contributed by atoms with Crippen LogP contribution in [0.25, 0.3) is 0 Å². The molecule has 5 heteroatoms. The summed E-state index contributed by atoms with van der Waals surface area (Å²) in [4.78, 5) is 0. The highest BCUT2D eigenvalue weighted by Crippen LogP contribution is 2.23. The molecule has 0 aliphatic rings. The Bertz CT molecular complexity index is 335. The number of aliphatic hydroxyl groups excluding tert-OH is 1. The molecule has 0 fully saturated rings. The van der Waals surface area contributed by atoms with Crippen molar-refractivity contribution in [1.82, 2.24) is 5.32 Å². The third kappa shape index (κ3) is 4.28. The van der Waals surface area contributed by atoms with Gasteiger partial charge in [0.25, 0.3) is 0 Å². The maximum atomic E-state index is 13.5. The summed E-state index contributed by atoms with van der Waals surface area (Å²) in [6.07, 6.45) is 0.961. The van der Waals surface area contributed by atoms with Crippen LogP contribution in [0.15, 0.2) is 12.1 Å². The SMILES string of the molecule is CCCNCc1cc(F)c(OCCO)c(F)c1. The van der Waals surface area contributed by atoms with E-state index in [1.807, 2.05) is 6.92 Å². The zero-order chi connectivity index (χ0) is 12.7. The molecule has 0 radical (unpaired) electrons. The number of halogens is 2. The maximum Gasteiger partial charge on any atom is 0.190 e. The molecule has 0 amide bonds. The molecule has 1 rings (SSSR count). The van der Waals surface area contributed by atoms with Gasteiger partial charge in [0.05, 0.1) is 6.61 Å². The topological polar surface area (TPSA) is 41.5 Å². The lowest BCUT2D eigenvalue weighted by Crippen LogP contribution is -2.14. The minimum Gasteiger partial charge on any atom is -0.485 e. The molecule has 1 aromatic rings. The fourth-order valence-electron chi connectivity index (χ4n) is 1.41. The minimum absolute atomic E-state index is 0.124. The first-order chi connectivity index (χ1) is 8.19. The van der Waals surface area contributed by atoms with Crippen LogP contribution in [0.3, 0.4) is 0 Å². The normalized spacial score (nSPS) is 10.6. The zero-order valence-electron chi connectivity index (χ0n) is 9.80. The predicted molar refractivity (Wildman–Crippen MR) is 60.9 cm³/mol. The molecular formula is C12H17F2NO2. The lowest BCUT2D eigenvalue weighted by atomic mass is 10.2. The first kappa shape index (κ1) is 13.9. The molecule has 0 saturated carbocycles. The average Bonchev–Trinajstić information content (AvgIpc) is 2.28. The average molecular weight is 245 g/mol. The van der Waals surface area contributed by atoms with Crippen LogP contribution in [0.4, 0.5) is 8.78 Å². The molecule has 17 heavy (non-hydrogen) atoms. The first-order valence-electron chi connectivity index (χ1n) is 5.61. The van der Waals surface area contributed by atoms with Gasteiger partial charge in [-0.3, -0.25) is 0 Å². The Hall–Kier alpha value is -1.20. The molecule has 0 unspecified atom stereocenters. The molecule has 0 spiro atoms. The standard InChI is InChI=1S/C12H17F2NO2/c1-2-3-15-8-9-6-10(13)12(11(14)7-9)17-5-4-16/h6-7,15-16H,2-5,8H2,1H3. The monoisotopic (exact) mass is 245 g/mol. The number of aliphatic hydroxyl groups is 1. The molecule has 0 aromatic heterocycles. The Morgan fingerprint density at radius 3 is 2.47 bits per heavy atom. The summed E-state index contributed by atoms with van der Waals surface area (Å²) in [5.74, 6) is -1.92. The highest BCUT2D eigenvalue weighted by molar-refractivity contribution is 5.31. The van der Waals surface area contributed by atoms with E-state index in [0.717, 1.165) is 13.0 Å². The van der Waals surface area contributed by atoms with Crippen molar-refractivity contribution in [3.63, 3.8) is 0 Å². The van der Waals surface area contributed by atoms with E-state index in [9.17, 15) is 8.78 Å². The van der Waals surface area contributed by atoms with Crippen LogP contribution in [0.5, 0.6) is 5.75 Å². The van der Waals surface area contributed by atoms with E-state index in [1.54, 1.807) is 0 Å². The molecule has 0 heterocycles. The fraction of sp³-hybridized carbons (Fsp3) is 0.500. The minimum atomic E-state index is -0.744. The number of hydrogen-bond acceptors (Lipinski definition) is 3. The Morgan fingerprint density at radius 1 is 1.29 bits per heavy atom. The summed E-state index contributed by atoms with van der Waals surface area (Å²) in [5.41, 5.74) is 0.532. The second-order valence-electron chi connectivity index (χ2n) is 3.64. The van der Waals surface area contributed by atoms with E-state index in [0.29, 0.717) is 12.1 Å². The van der Waals surface area contributed by atoms with Gasteiger partial charge in [-0.15, -0.1) is 0 Å². The molecule has 0 aliphatic carbocycles. The van der Waals surface area contributed by atoms with Gasteiger partial charge in [0.2, 0.25) is 0 Å². The lowest BCUT2D eigenvalue weighted by molar-refractivity contribution is 0.191. The van der Waals surface area contributed by atoms with Gasteiger partial charge in [0.1, 0.15) is 6.61 Å². The second kappa shape index (κ2) is 7.19. The summed E-state index contributed by atoms with van der Waals surface area (Å²) in [7, 11) is 0. The van der Waals surface area contributed by atoms with E-state index in [2.05, 4.69) is 5.32 Å². The summed E-state index contributed by atoms with van der Waals surface area (Å²) < 4.78 is 31.7. The summed E-state index contributed by atoms with van der Waals surface area (Å²) >= 11 is 0. The quantitative estimate of drug-likeness (QED) is 0.720. The second-order valence-corrected chi connectivity index (χ2v) is 3.64. The molecule has 2 N–H and O–H groups in total. The van der Waals surface area contributed by atoms with Crippen molar-refractivity contribution in [1.29, 1.82) is 0 Å². The smallest absolute Gasteiger partial charge is 0.190 e. The van der Waals surface area contributed by atoms with Crippen LogP contribution in [0, 0.1) is 11.6 Å². The van der Waals surface area contributed by atoms with Crippen LogP contribution in [0.2, 0.25) is 0 Å². The number of benzene rings is 1. The van der Waals surface area contributed by atoms with E-state index in [1.165, 1.54) is 12.1 Å². The van der Waals surface area contributed by atoms with Crippen LogP contribution in [-0.2, 0) is 6.54 Å². The van der Waals surface area contributed by atoms with Gasteiger partial charge >= 0.3 is 0 Å². The zero-order valence-corrected chi connectivity index (χ0v) is 9.80. The van der Waals surface area contributed by atoms with Crippen molar-refractivity contribution < 1.29 is 18.6 Å². The molecule has 96 valence electrons. The molecular weight excluding hydrogens is 228 g/mol. The van der Waals surface area contributed by atoms with Gasteiger partial charge in [0.15, 0.2) is 17.4 Å². The van der Waals surface area contributed by atoms with Crippen molar-refractivity contribution in [2.75, 3.05) is 19.8 Å². The van der Waals surface area contributed by atoms with Gasteiger partial charge in [-0.2, -0.15) is 0 Å². The van der Waals surface area contributed by atoms with Gasteiger partial charge in [-0.05, 0) is 30.7 Å². The molecule has 0 atom stereocenters. The van der Waals surface area contributed by atoms with Gasteiger partial charge < -0.3 is 15.2 Å². The van der Waals surface area contributed by atoms with Crippen LogP contribution >= 0.6 is 0 Å². The van der Waals surface area contributed by atoms with Gasteiger partial charge in [-0.1, -0.05) is 6.92 Å². The van der Waals surface area contributed by atoms with Gasteiger partial charge in [-0.25, -0.2) is 8.78 Å². The largest absolute Gasteiger partial charge is 0.485 e. The lowest BCUT2D eigenvalue weighted by Gasteiger charge is -2.09. The number of nitrogens with one attached hydrogen (secondary N) is 1. The Kier molecular flexibility index (Phi) is 5.86. The Labute approximate surface area is 99.4 Å². The van der Waals surface area contributed by atoms with Crippen molar-refractivity contribution in [2.45, 2.75) is 19.9 Å². The Morgan fingerprint density at radius 2 is 1.94 bits per heavy atom. The van der Waals surface area contributed by atoms with Crippen molar-refractivity contribution in [3.05, 3.63) is 29.3 Å². The van der Waals surface area contributed by atoms with Crippen molar-refractivity contribution in [2.24, 2.45) is 0 Å². The molecule has 0 saturated heterocycles. The molecule has 0 aliphatic heterocycles. The van der Waals surface area contributed by atoms with Crippen LogP contribution in [0.1, 0.15) is 18.9 Å². The summed E-state index contributed by atoms with van der Waals surface area (Å²) in [6, 6.07) is 2.47. The number of rotatable bonds is 7. The highest BCUT2D eigenvalue weighted by atomic mass is 19.1. The molecule has 0 bridgehead atoms. The van der Waals surface area contributed by atoms with Crippen molar-refractivity contribution in [3.8, 4) is 5.75 Å². The fourth-order valence-corrected chi connectivity index (χ4v) is 1.41. The molecule has 1 aromatic carbocycles. The first-order valence-corrected chi connectivity index (χ1v) is 5.61. The van der Waals surface area contributed by atoms with E-state index >= 15 is 0 Å². The van der Waals surface area contributed by atoms with E-state index < -0.39 is 17.4 Å². The van der Waals surface area contributed by atoms with E-state index in [4.69, 9.17) is 9.84 Å². The van der Waals surface area contributed by atoms with E-state index in [-0.39, 0.29) is 13.2 Å². The van der Waals surface area contributed by atoms with Gasteiger partial charge in [0, 0.05) is 6.54 Å². The predicted octanol–water partition coefficient (Wildman–Crippen LogP) is 1.84. The maximum absolute atomic E-state index is 13.5. The Balaban J connectivity index is 2.71. The van der Waals surface area contributed by atoms with Crippen molar-refractivity contribution >= 4 is 0 Å². The summed E-state index contributed by atoms with van der Waals surface area (Å²) in [5, 5.41) is 11.6. The third-order valence-electron chi connectivity index (χ3n) is 2.15. The number of hydrogen-bond donors (Lipinski definition) is 2. The third-order valence-corrected chi connectivity index (χ3v) is 2.15. The highest BCUT2D eigenvalue weighted by Gasteiger charge is 2.12. The number of ether oxygens (including phenoxy) is 1. The summed E-state index contributed by atoms with van der Waals surface area (Å²) in [6.45, 7) is 2.83. The molecule has 3 nitrogen and oxygen atoms in total.